The molecule has 0 radical (unpaired) electrons. The Kier molecular flexibility index (Phi) is 6.82. The minimum Gasteiger partial charge on any atom is -0.387 e. The highest BCUT2D eigenvalue weighted by molar-refractivity contribution is 5.85. The molecule has 200 valence electrons. The molecule has 2 saturated heterocycles. The summed E-state index contributed by atoms with van der Waals surface area (Å²) in [4.78, 5) is 27.4. The van der Waals surface area contributed by atoms with Gasteiger partial charge in [0.25, 0.3) is 0 Å². The third kappa shape index (κ3) is 5.13. The molecule has 0 saturated carbocycles. The molecule has 2 aliphatic heterocycles. The Morgan fingerprint density at radius 3 is 2.38 bits per heavy atom. The van der Waals surface area contributed by atoms with Crippen LogP contribution in [0.15, 0.2) is 30.6 Å². The van der Waals surface area contributed by atoms with Gasteiger partial charge in [0.05, 0.1) is 17.7 Å². The second-order valence-corrected chi connectivity index (χ2v) is 13.0. The van der Waals surface area contributed by atoms with Crippen LogP contribution in [-0.2, 0) is 10.2 Å². The first-order chi connectivity index (χ1) is 17.4. The number of aromatic nitrogens is 2. The van der Waals surface area contributed by atoms with E-state index in [2.05, 4.69) is 86.0 Å². The van der Waals surface area contributed by atoms with Crippen molar-refractivity contribution in [3.05, 3.63) is 53.0 Å². The van der Waals surface area contributed by atoms with Gasteiger partial charge in [-0.3, -0.25) is 4.79 Å². The number of aliphatic hydroxyl groups is 1. The van der Waals surface area contributed by atoms with Crippen LogP contribution in [0.3, 0.4) is 0 Å². The Morgan fingerprint density at radius 1 is 1.11 bits per heavy atom. The van der Waals surface area contributed by atoms with Gasteiger partial charge in [0, 0.05) is 43.3 Å². The van der Waals surface area contributed by atoms with Gasteiger partial charge in [0.1, 0.15) is 12.1 Å². The summed E-state index contributed by atoms with van der Waals surface area (Å²) < 4.78 is 0. The molecule has 2 fully saturated rings. The minimum atomic E-state index is -0.511. The fourth-order valence-corrected chi connectivity index (χ4v) is 6.44. The van der Waals surface area contributed by atoms with Gasteiger partial charge in [-0.1, -0.05) is 52.0 Å². The van der Waals surface area contributed by atoms with Crippen LogP contribution in [0.2, 0.25) is 0 Å². The number of benzene rings is 1. The fraction of sp³-hybridized carbons (Fsp3) is 0.633. The number of piperazine rings is 1. The van der Waals surface area contributed by atoms with Crippen molar-refractivity contribution in [1.82, 2.24) is 20.2 Å². The molecule has 4 atom stereocenters. The van der Waals surface area contributed by atoms with Crippen LogP contribution < -0.4 is 10.2 Å². The zero-order valence-electron chi connectivity index (χ0n) is 23.3. The molecule has 7 nitrogen and oxygen atoms in total. The number of nitrogens with one attached hydrogen (secondary N) is 1. The summed E-state index contributed by atoms with van der Waals surface area (Å²) >= 11 is 0. The minimum absolute atomic E-state index is 0.0435. The van der Waals surface area contributed by atoms with Gasteiger partial charge in [-0.05, 0) is 55.6 Å². The van der Waals surface area contributed by atoms with Gasteiger partial charge in [-0.25, -0.2) is 9.97 Å². The summed E-state index contributed by atoms with van der Waals surface area (Å²) in [6, 6.07) is 8.86. The highest BCUT2D eigenvalue weighted by Crippen LogP contribution is 2.43. The van der Waals surface area contributed by atoms with Crippen molar-refractivity contribution in [1.29, 1.82) is 0 Å². The van der Waals surface area contributed by atoms with Crippen molar-refractivity contribution >= 4 is 11.7 Å². The first-order valence-electron chi connectivity index (χ1n) is 13.9. The zero-order valence-corrected chi connectivity index (χ0v) is 23.3. The number of amides is 1. The number of anilines is 1. The molecular weight excluding hydrogens is 462 g/mol. The number of aliphatic hydroxyl groups excluding tert-OH is 1. The maximum atomic E-state index is 14.1. The van der Waals surface area contributed by atoms with Crippen molar-refractivity contribution in [2.45, 2.75) is 95.7 Å². The van der Waals surface area contributed by atoms with Crippen LogP contribution in [0.4, 0.5) is 5.82 Å². The summed E-state index contributed by atoms with van der Waals surface area (Å²) in [6.45, 7) is 16.1. The monoisotopic (exact) mass is 505 g/mol. The zero-order chi connectivity index (χ0) is 26.5. The average molecular weight is 506 g/mol. The van der Waals surface area contributed by atoms with Crippen LogP contribution >= 0.6 is 0 Å². The summed E-state index contributed by atoms with van der Waals surface area (Å²) in [5, 5.41) is 14.2. The van der Waals surface area contributed by atoms with Gasteiger partial charge in [0.2, 0.25) is 5.91 Å². The summed E-state index contributed by atoms with van der Waals surface area (Å²) in [5.74, 6) is 1.18. The van der Waals surface area contributed by atoms with Crippen LogP contribution in [-0.4, -0.2) is 63.6 Å². The molecule has 3 heterocycles. The number of hydrogen-bond donors (Lipinski definition) is 2. The SMILES string of the molecule is C[C@@H]1C[C@@H](O)c2ncnc(N3CCN(C(=O)C(c4ccc(C(C)(C)C)cc4)C4CCC(C)(C)N4)CC3)c21. The quantitative estimate of drug-likeness (QED) is 0.646. The lowest BCUT2D eigenvalue weighted by atomic mass is 9.83. The number of fused-ring (bicyclic) bond motifs is 1. The highest BCUT2D eigenvalue weighted by Gasteiger charge is 2.41. The first-order valence-corrected chi connectivity index (χ1v) is 13.9. The molecule has 2 unspecified atom stereocenters. The van der Waals surface area contributed by atoms with Crippen LogP contribution in [0, 0.1) is 0 Å². The predicted octanol–water partition coefficient (Wildman–Crippen LogP) is 4.28. The van der Waals surface area contributed by atoms with Gasteiger partial charge >= 0.3 is 0 Å². The summed E-state index contributed by atoms with van der Waals surface area (Å²) in [7, 11) is 0. The Morgan fingerprint density at radius 2 is 1.78 bits per heavy atom. The van der Waals surface area contributed by atoms with E-state index < -0.39 is 6.10 Å². The Balaban J connectivity index is 1.35. The van der Waals surface area contributed by atoms with E-state index in [0.717, 1.165) is 48.6 Å². The normalized spacial score (nSPS) is 26.3. The summed E-state index contributed by atoms with van der Waals surface area (Å²) in [6.07, 6.45) is 3.82. The summed E-state index contributed by atoms with van der Waals surface area (Å²) in [5.41, 5.74) is 4.35. The molecule has 1 aliphatic carbocycles. The Labute approximate surface area is 221 Å². The molecule has 1 amide bonds. The second-order valence-electron chi connectivity index (χ2n) is 13.0. The Bertz CT molecular complexity index is 1130. The van der Waals surface area contributed by atoms with Crippen molar-refractivity contribution in [3.8, 4) is 0 Å². The first kappa shape index (κ1) is 26.1. The van der Waals surface area contributed by atoms with Crippen molar-refractivity contribution in [2.24, 2.45) is 0 Å². The molecule has 1 aromatic carbocycles. The molecule has 5 rings (SSSR count). The van der Waals surface area contributed by atoms with Crippen molar-refractivity contribution in [2.75, 3.05) is 31.1 Å². The lowest BCUT2D eigenvalue weighted by Gasteiger charge is -2.39. The number of carbonyl (C=O) groups is 1. The van der Waals surface area contributed by atoms with Crippen molar-refractivity contribution < 1.29 is 9.90 Å². The number of rotatable bonds is 4. The van der Waals surface area contributed by atoms with Gasteiger partial charge < -0.3 is 20.2 Å². The third-order valence-electron chi connectivity index (χ3n) is 8.63. The third-order valence-corrected chi connectivity index (χ3v) is 8.63. The molecule has 0 spiro atoms. The van der Waals surface area contributed by atoms with E-state index >= 15 is 0 Å². The number of nitrogens with zero attached hydrogens (tertiary/aromatic N) is 4. The lowest BCUT2D eigenvalue weighted by molar-refractivity contribution is -0.133. The molecule has 2 aromatic rings. The standard InChI is InChI=1S/C30H43N5O2/c1-19-17-23(36)26-24(19)27(32-18-31-26)34-13-15-35(16-14-34)28(37)25(22-11-12-30(5,6)33-22)20-7-9-21(10-8-20)29(2,3)4/h7-10,18-19,22-23,25,33,36H,11-17H2,1-6H3/t19-,22?,23-,25?/m1/s1. The topological polar surface area (TPSA) is 81.6 Å². The molecular formula is C30H43N5O2. The average Bonchev–Trinajstić information content (AvgIpc) is 3.36. The van der Waals surface area contributed by atoms with E-state index in [1.807, 2.05) is 4.90 Å². The van der Waals surface area contributed by atoms with Crippen molar-refractivity contribution in [3.63, 3.8) is 0 Å². The van der Waals surface area contributed by atoms with Crippen LogP contribution in [0.1, 0.15) is 101 Å². The van der Waals surface area contributed by atoms with E-state index in [4.69, 9.17) is 0 Å². The molecule has 0 bridgehead atoms. The second kappa shape index (κ2) is 9.66. The van der Waals surface area contributed by atoms with E-state index in [-0.39, 0.29) is 34.7 Å². The van der Waals surface area contributed by atoms with Gasteiger partial charge in [0.15, 0.2) is 0 Å². The molecule has 1 aromatic heterocycles. The maximum absolute atomic E-state index is 14.1. The van der Waals surface area contributed by atoms with Crippen LogP contribution in [0.5, 0.6) is 0 Å². The van der Waals surface area contributed by atoms with E-state index in [1.165, 1.54) is 5.56 Å². The lowest BCUT2D eigenvalue weighted by Crippen LogP contribution is -2.53. The maximum Gasteiger partial charge on any atom is 0.231 e. The number of hydrogen-bond acceptors (Lipinski definition) is 6. The van der Waals surface area contributed by atoms with Crippen LogP contribution in [0.25, 0.3) is 0 Å². The smallest absolute Gasteiger partial charge is 0.231 e. The Hall–Kier alpha value is -2.51. The molecule has 2 N–H and O–H groups in total. The molecule has 7 heteroatoms. The predicted molar refractivity (Wildman–Crippen MR) is 147 cm³/mol. The van der Waals surface area contributed by atoms with E-state index in [1.54, 1.807) is 6.33 Å². The van der Waals surface area contributed by atoms with Gasteiger partial charge in [-0.2, -0.15) is 0 Å². The van der Waals surface area contributed by atoms with Gasteiger partial charge in [-0.15, -0.1) is 0 Å². The molecule has 37 heavy (non-hydrogen) atoms. The number of carbonyl (C=O) groups excluding carboxylic acids is 1. The highest BCUT2D eigenvalue weighted by atomic mass is 16.3. The van der Waals surface area contributed by atoms with E-state index in [0.29, 0.717) is 19.5 Å². The van der Waals surface area contributed by atoms with E-state index in [9.17, 15) is 9.90 Å². The fourth-order valence-electron chi connectivity index (χ4n) is 6.44. The molecule has 3 aliphatic rings. The largest absolute Gasteiger partial charge is 0.387 e.